The molecule has 2 unspecified atom stereocenters. The van der Waals surface area contributed by atoms with E-state index >= 15 is 0 Å². The molecule has 2 atom stereocenters. The summed E-state index contributed by atoms with van der Waals surface area (Å²) in [5.41, 5.74) is 8.98. The predicted molar refractivity (Wildman–Crippen MR) is 390 cm³/mol. The van der Waals surface area contributed by atoms with Crippen molar-refractivity contribution in [2.75, 3.05) is 41.7 Å². The first-order chi connectivity index (χ1) is 43.1. The van der Waals surface area contributed by atoms with Crippen molar-refractivity contribution >= 4 is 148 Å². The molecular weight excluding hydrogens is 1420 g/mol. The van der Waals surface area contributed by atoms with Gasteiger partial charge in [0.15, 0.2) is 12.6 Å². The Morgan fingerprint density at radius 1 is 0.478 bits per heavy atom. The number of methoxy groups -OCH3 is 4. The summed E-state index contributed by atoms with van der Waals surface area (Å²) < 4.78 is 44.6. The molecule has 1 N–H and O–H groups in total. The van der Waals surface area contributed by atoms with Crippen LogP contribution in [0, 0.1) is 34.6 Å². The van der Waals surface area contributed by atoms with E-state index in [-0.39, 0.29) is 45.6 Å². The number of ether oxygens (including phenoxy) is 4. The first-order valence-electron chi connectivity index (χ1n) is 28.3. The van der Waals surface area contributed by atoms with E-state index in [1.807, 2.05) is 129 Å². The van der Waals surface area contributed by atoms with Crippen LogP contribution < -0.4 is 18.9 Å². The zero-order chi connectivity index (χ0) is 64.1. The molecular formula is C67H73O10P3S8V2. The minimum Gasteiger partial charge on any atom is -0.496 e. The molecule has 0 aliphatic carbocycles. The van der Waals surface area contributed by atoms with Crippen molar-refractivity contribution in [1.82, 2.24) is 0 Å². The molecule has 0 spiro atoms. The van der Waals surface area contributed by atoms with Gasteiger partial charge in [0.25, 0.3) is 0 Å². The fourth-order valence-corrected chi connectivity index (χ4v) is 19.0. The molecule has 0 saturated carbocycles. The number of aryl methyl sites for hydroxylation is 6. The summed E-state index contributed by atoms with van der Waals surface area (Å²) in [4.78, 5) is 45.2. The number of carbonyl (C=O) groups is 2. The van der Waals surface area contributed by atoms with Crippen LogP contribution >= 0.6 is 117 Å². The molecule has 10 aromatic rings. The monoisotopic (exact) mass is 1490 g/mol. The first kappa shape index (κ1) is 75.4. The van der Waals surface area contributed by atoms with Crippen molar-refractivity contribution in [3.63, 3.8) is 0 Å². The summed E-state index contributed by atoms with van der Waals surface area (Å²) >= 11 is 14.1. The standard InChI is InChI=1S/C32H30O2S4.C20H14O2S4.C15H25O5P.H4OP2.2V/c1-7-8-22-17-26(34-6)23(18-25(22)33-5)9-10-24-16-20(3)32(36-24)30-14-12-28(38-30)27-11-13-29(37-27)31-19(2)15-21(4)35-31;1-11-7-13(9-21)23-19(11)17-5-3-15(25-17)16-4-6-18(26-16)20-12(2)8-14(10-22)24-20;1-6-12-9-15(17-5)13(10-14(12)16-4)11-20-21(18-7-2)19-8-3;1-3-2;;/h7-18H,1-6H3;3-10H,1-2H3;9-10H,6-8,11H2,1-5H3;1,3H,2H2;;/b8-7+,10-9+;;;;;/i;;;1T;;. The number of hydrogen-bond donors (Lipinski definition) is 1. The van der Waals surface area contributed by atoms with Gasteiger partial charge in [-0.2, -0.15) is 0 Å². The van der Waals surface area contributed by atoms with Gasteiger partial charge >= 0.3 is 8.60 Å². The second kappa shape index (κ2) is 38.7. The molecule has 10 rings (SSSR count). The van der Waals surface area contributed by atoms with Gasteiger partial charge in [0.2, 0.25) is 1.43 Å². The van der Waals surface area contributed by atoms with Crippen molar-refractivity contribution < 1.29 is 84.1 Å². The molecule has 90 heavy (non-hydrogen) atoms. The van der Waals surface area contributed by atoms with Crippen molar-refractivity contribution in [2.24, 2.45) is 0 Å². The van der Waals surface area contributed by atoms with E-state index in [4.69, 9.17) is 33.9 Å². The van der Waals surface area contributed by atoms with E-state index < -0.39 is 8.60 Å². The second-order valence-electron chi connectivity index (χ2n) is 19.2. The Morgan fingerprint density at radius 3 is 1.20 bits per heavy atom. The van der Waals surface area contributed by atoms with Gasteiger partial charge in [-0.25, -0.2) is 0 Å². The Morgan fingerprint density at radius 2 is 0.844 bits per heavy atom. The Balaban J connectivity index is 0.000000249. The SMILES string of the molecule is C/C=C/c1cc(OC)c(/C=C/c2cc(C)c(-c3ccc(-c4ccc(-c5sc(C)cc5C)s4)s3)s2)cc1OC.CCOP(OCC)OCc1cc(OC)c(CC)cc1OC.Cc1cc(C=O)sc1-c1ccc(-c2ccc(-c3sc(C=O)cc3C)s2)s1.[3H]OPP.[V].[V]. The number of carbonyl (C=O) groups excluding carboxylic acids is 2. The molecule has 0 saturated heterocycles. The minimum absolute atomic E-state index is 0. The van der Waals surface area contributed by atoms with E-state index in [9.17, 15) is 9.59 Å². The van der Waals surface area contributed by atoms with Gasteiger partial charge in [0, 0.05) is 131 Å². The van der Waals surface area contributed by atoms with Gasteiger partial charge in [-0.15, -0.1) is 90.7 Å². The number of thiophene rings is 8. The molecule has 2 aromatic carbocycles. The largest absolute Gasteiger partial charge is 0.496 e. The van der Waals surface area contributed by atoms with Crippen LogP contribution in [0.5, 0.6) is 23.0 Å². The van der Waals surface area contributed by atoms with E-state index in [1.54, 1.807) is 73.8 Å². The molecule has 2 radical (unpaired) electrons. The van der Waals surface area contributed by atoms with Gasteiger partial charge in [-0.3, -0.25) is 9.59 Å². The summed E-state index contributed by atoms with van der Waals surface area (Å²) in [5.74, 6) is 3.29. The molecule has 8 heterocycles. The molecule has 23 heteroatoms. The van der Waals surface area contributed by atoms with E-state index in [0.717, 1.165) is 85.1 Å². The zero-order valence-electron chi connectivity index (χ0n) is 53.3. The molecule has 8 aromatic heterocycles. The number of rotatable bonds is 24. The van der Waals surface area contributed by atoms with Gasteiger partial charge in [-0.05, 0) is 199 Å². The molecule has 0 aliphatic heterocycles. The van der Waals surface area contributed by atoms with E-state index in [1.165, 1.54) is 79.4 Å². The van der Waals surface area contributed by atoms with E-state index in [0.29, 0.717) is 19.8 Å². The molecule has 0 bridgehead atoms. The van der Waals surface area contributed by atoms with Crippen molar-refractivity contribution in [3.8, 4) is 81.5 Å². The molecule has 10 nitrogen and oxygen atoms in total. The Bertz CT molecular complexity index is 3880. The summed E-state index contributed by atoms with van der Waals surface area (Å²) in [6.45, 7) is 20.1. The van der Waals surface area contributed by atoms with Gasteiger partial charge < -0.3 is 37.4 Å². The summed E-state index contributed by atoms with van der Waals surface area (Å²) in [6.07, 6.45) is 11.0. The van der Waals surface area contributed by atoms with E-state index in [2.05, 4.69) is 114 Å². The number of aldehydes is 2. The maximum absolute atomic E-state index is 11.0. The Kier molecular flexibility index (Phi) is 32.4. The average Bonchev–Trinajstić information content (AvgIpc) is 2.79. The predicted octanol–water partition coefficient (Wildman–Crippen LogP) is 22.7. The topological polar surface area (TPSA) is 119 Å². The fraction of sp³-hybridized carbons (Fsp3) is 0.254. The minimum atomic E-state index is -1.32. The zero-order valence-corrected chi connectivity index (χ0v) is 64.7. The smallest absolute Gasteiger partial charge is 0.332 e. The van der Waals surface area contributed by atoms with Crippen LogP contribution in [0.3, 0.4) is 0 Å². The molecule has 0 fully saturated rings. The van der Waals surface area contributed by atoms with Crippen LogP contribution in [0.4, 0.5) is 0 Å². The Labute approximate surface area is 593 Å². The summed E-state index contributed by atoms with van der Waals surface area (Å²) in [6, 6.07) is 34.0. The fourth-order valence-electron chi connectivity index (χ4n) is 9.12. The van der Waals surface area contributed by atoms with Gasteiger partial charge in [-0.1, -0.05) is 28.0 Å². The molecule has 0 aliphatic rings. The third kappa shape index (κ3) is 20.4. The third-order valence-corrected chi connectivity index (χ3v) is 24.5. The van der Waals surface area contributed by atoms with Crippen LogP contribution in [-0.2, 0) is 63.7 Å². The summed E-state index contributed by atoms with van der Waals surface area (Å²) in [7, 11) is 7.90. The van der Waals surface area contributed by atoms with Crippen LogP contribution in [0.25, 0.3) is 76.8 Å². The van der Waals surface area contributed by atoms with Crippen LogP contribution in [0.1, 0.15) is 101 Å². The number of allylic oxidation sites excluding steroid dienone is 1. The number of hydrogen-bond acceptors (Lipinski definition) is 18. The maximum atomic E-state index is 11.0. The molecule has 474 valence electrons. The van der Waals surface area contributed by atoms with Crippen molar-refractivity contribution in [1.29, 1.82) is 1.43 Å². The van der Waals surface area contributed by atoms with Crippen LogP contribution in [0.15, 0.2) is 103 Å². The maximum Gasteiger partial charge on any atom is 0.332 e. The van der Waals surface area contributed by atoms with Crippen molar-refractivity contribution in [2.45, 2.75) is 75.3 Å². The molecule has 0 amide bonds. The Hall–Kier alpha value is -3.64. The van der Waals surface area contributed by atoms with Gasteiger partial charge in [0.05, 0.1) is 58.0 Å². The first-order valence-corrected chi connectivity index (χ1v) is 38.2. The third-order valence-electron chi connectivity index (χ3n) is 13.1. The quantitative estimate of drug-likeness (QED) is 0.0463. The van der Waals surface area contributed by atoms with Crippen LogP contribution in [0.2, 0.25) is 0 Å². The van der Waals surface area contributed by atoms with Crippen molar-refractivity contribution in [3.05, 3.63) is 167 Å². The second-order valence-corrected chi connectivity index (χ2v) is 30.2. The van der Waals surface area contributed by atoms with Crippen LogP contribution in [-0.4, -0.2) is 60.6 Å². The summed E-state index contributed by atoms with van der Waals surface area (Å²) in [5, 5.41) is 0. The van der Waals surface area contributed by atoms with Gasteiger partial charge in [0.1, 0.15) is 23.0 Å². The number of benzene rings is 2. The normalized spacial score (nSPS) is 11.2. The average molecular weight is 1490 g/mol.